The Hall–Kier alpha value is -1.30. The number of likely N-dealkylation sites (tertiary alicyclic amines) is 1. The van der Waals surface area contributed by atoms with E-state index in [1.807, 2.05) is 18.2 Å². The fourth-order valence-electron chi connectivity index (χ4n) is 4.40. The molecule has 1 aliphatic carbocycles. The van der Waals surface area contributed by atoms with Crippen molar-refractivity contribution in [3.63, 3.8) is 0 Å². The Morgan fingerprint density at radius 3 is 2.25 bits per heavy atom. The molecule has 2 heteroatoms. The molecule has 1 saturated carbocycles. The molecule has 2 fully saturated rings. The lowest BCUT2D eigenvalue weighted by Crippen LogP contribution is -3.11. The summed E-state index contributed by atoms with van der Waals surface area (Å²) in [6.45, 7) is 3.47. The smallest absolute Gasteiger partial charge is 0.139 e. The van der Waals surface area contributed by atoms with Crippen molar-refractivity contribution < 1.29 is 10.0 Å². The van der Waals surface area contributed by atoms with Crippen LogP contribution in [0.2, 0.25) is 0 Å². The predicted molar refractivity (Wildman–Crippen MR) is 98.7 cm³/mol. The molecule has 2 nitrogen and oxygen atoms in total. The third kappa shape index (κ3) is 4.41. The Bertz CT molecular complexity index is 544. The molecule has 2 N–H and O–H groups in total. The van der Waals surface area contributed by atoms with Gasteiger partial charge in [-0.2, -0.15) is 0 Å². The zero-order chi connectivity index (χ0) is 16.7. The highest BCUT2D eigenvalue weighted by Gasteiger charge is 2.39. The van der Waals surface area contributed by atoms with Crippen molar-refractivity contribution in [2.75, 3.05) is 19.6 Å². The first-order valence-corrected chi connectivity index (χ1v) is 9.86. The van der Waals surface area contributed by atoms with Gasteiger partial charge >= 0.3 is 0 Å². The van der Waals surface area contributed by atoms with E-state index in [4.69, 9.17) is 0 Å². The van der Waals surface area contributed by atoms with Crippen LogP contribution in [0.5, 0.6) is 0 Å². The minimum absolute atomic E-state index is 0.361. The van der Waals surface area contributed by atoms with Gasteiger partial charge in [0.1, 0.15) is 12.1 Å². The number of hydrogen-bond acceptors (Lipinski definition) is 1. The first kappa shape index (κ1) is 17.5. The van der Waals surface area contributed by atoms with E-state index in [1.165, 1.54) is 51.6 Å². The lowest BCUT2D eigenvalue weighted by Gasteiger charge is -2.33. The minimum atomic E-state index is -0.765. The summed E-state index contributed by atoms with van der Waals surface area (Å²) in [5.74, 6) is 7.09. The second-order valence-corrected chi connectivity index (χ2v) is 7.64. The largest absolute Gasteiger partial charge is 0.384 e. The third-order valence-corrected chi connectivity index (χ3v) is 5.94. The summed E-state index contributed by atoms with van der Waals surface area (Å²) in [5, 5.41) is 11.5. The molecule has 1 saturated heterocycles. The van der Waals surface area contributed by atoms with Crippen LogP contribution in [0, 0.1) is 17.8 Å². The lowest BCUT2D eigenvalue weighted by molar-refractivity contribution is -0.891. The van der Waals surface area contributed by atoms with Gasteiger partial charge in [0.25, 0.3) is 0 Å². The van der Waals surface area contributed by atoms with E-state index in [0.29, 0.717) is 12.3 Å². The van der Waals surface area contributed by atoms with Gasteiger partial charge in [-0.1, -0.05) is 49.1 Å². The summed E-state index contributed by atoms with van der Waals surface area (Å²) in [5.41, 5.74) is 0.284. The van der Waals surface area contributed by atoms with E-state index in [2.05, 4.69) is 24.0 Å². The van der Waals surface area contributed by atoms with Crippen molar-refractivity contribution in [1.29, 1.82) is 0 Å². The molecular weight excluding hydrogens is 294 g/mol. The number of benzene rings is 1. The van der Waals surface area contributed by atoms with E-state index in [0.717, 1.165) is 24.9 Å². The Balaban J connectivity index is 1.65. The SMILES string of the molecule is O[C@@](CC#CC[NH+]1CCCCCC1)(c1ccccc1)C1CCCC1. The maximum Gasteiger partial charge on any atom is 0.139 e. The molecule has 24 heavy (non-hydrogen) atoms. The molecule has 1 aromatic carbocycles. The number of rotatable bonds is 4. The maximum absolute atomic E-state index is 11.5. The van der Waals surface area contributed by atoms with Crippen LogP contribution in [0.4, 0.5) is 0 Å². The molecule has 1 atom stereocenters. The van der Waals surface area contributed by atoms with Crippen molar-refractivity contribution in [2.24, 2.45) is 5.92 Å². The summed E-state index contributed by atoms with van der Waals surface area (Å²) in [7, 11) is 0. The Morgan fingerprint density at radius 1 is 0.917 bits per heavy atom. The van der Waals surface area contributed by atoms with Crippen molar-refractivity contribution in [3.8, 4) is 11.8 Å². The molecule has 0 radical (unpaired) electrons. The number of quaternary nitrogens is 1. The normalized spacial score (nSPS) is 22.4. The molecule has 2 aliphatic rings. The molecule has 1 aliphatic heterocycles. The first-order valence-electron chi connectivity index (χ1n) is 9.86. The highest BCUT2D eigenvalue weighted by Crippen LogP contribution is 2.42. The van der Waals surface area contributed by atoms with Crippen LogP contribution in [0.1, 0.15) is 63.4 Å². The van der Waals surface area contributed by atoms with Gasteiger partial charge in [-0.15, -0.1) is 0 Å². The van der Waals surface area contributed by atoms with E-state index in [9.17, 15) is 5.11 Å². The molecule has 0 spiro atoms. The quantitative estimate of drug-likeness (QED) is 0.817. The molecular formula is C22H32NO+. The second kappa shape index (κ2) is 8.70. The van der Waals surface area contributed by atoms with Gasteiger partial charge in [-0.05, 0) is 55.9 Å². The topological polar surface area (TPSA) is 24.7 Å². The van der Waals surface area contributed by atoms with Crippen LogP contribution < -0.4 is 4.90 Å². The Labute approximate surface area is 147 Å². The molecule has 130 valence electrons. The van der Waals surface area contributed by atoms with Crippen molar-refractivity contribution in [2.45, 2.75) is 63.4 Å². The number of nitrogens with one attached hydrogen (secondary N) is 1. The standard InChI is InChI=1S/C22H31NO/c24-22(21-14-6-7-15-21,20-12-4-3-5-13-20)16-8-11-19-23-17-9-1-2-10-18-23/h3-5,12-13,21,24H,1-2,6-7,9-10,14-19H2/p+1/t22-/m0/s1. The summed E-state index contributed by atoms with van der Waals surface area (Å²) < 4.78 is 0. The minimum Gasteiger partial charge on any atom is -0.384 e. The predicted octanol–water partition coefficient (Wildman–Crippen LogP) is 2.92. The van der Waals surface area contributed by atoms with Crippen molar-refractivity contribution in [3.05, 3.63) is 35.9 Å². The maximum atomic E-state index is 11.5. The van der Waals surface area contributed by atoms with Crippen LogP contribution in [-0.2, 0) is 5.60 Å². The Kier molecular flexibility index (Phi) is 6.35. The number of hydrogen-bond donors (Lipinski definition) is 2. The van der Waals surface area contributed by atoms with E-state index >= 15 is 0 Å². The number of aliphatic hydroxyl groups is 1. The lowest BCUT2D eigenvalue weighted by atomic mass is 9.78. The van der Waals surface area contributed by atoms with Crippen LogP contribution in [0.25, 0.3) is 0 Å². The molecule has 1 aromatic rings. The van der Waals surface area contributed by atoms with Gasteiger partial charge in [0, 0.05) is 6.42 Å². The zero-order valence-corrected chi connectivity index (χ0v) is 14.9. The van der Waals surface area contributed by atoms with E-state index in [1.54, 1.807) is 4.90 Å². The highest BCUT2D eigenvalue weighted by molar-refractivity contribution is 5.26. The van der Waals surface area contributed by atoms with Gasteiger partial charge in [0.2, 0.25) is 0 Å². The van der Waals surface area contributed by atoms with E-state index < -0.39 is 5.60 Å². The summed E-state index contributed by atoms with van der Waals surface area (Å²) in [6, 6.07) is 10.2. The summed E-state index contributed by atoms with van der Waals surface area (Å²) >= 11 is 0. The highest BCUT2D eigenvalue weighted by atomic mass is 16.3. The van der Waals surface area contributed by atoms with Crippen molar-refractivity contribution >= 4 is 0 Å². The van der Waals surface area contributed by atoms with Crippen LogP contribution in [0.15, 0.2) is 30.3 Å². The molecule has 0 bridgehead atoms. The average molecular weight is 327 g/mol. The van der Waals surface area contributed by atoms with Crippen LogP contribution in [0.3, 0.4) is 0 Å². The average Bonchev–Trinajstić information content (AvgIpc) is 3.05. The third-order valence-electron chi connectivity index (χ3n) is 5.94. The van der Waals surface area contributed by atoms with Crippen molar-refractivity contribution in [1.82, 2.24) is 0 Å². The van der Waals surface area contributed by atoms with Gasteiger partial charge in [0.05, 0.1) is 13.1 Å². The molecule has 0 unspecified atom stereocenters. The first-order chi connectivity index (χ1) is 11.8. The molecule has 0 aromatic heterocycles. The van der Waals surface area contributed by atoms with Gasteiger partial charge < -0.3 is 10.0 Å². The summed E-state index contributed by atoms with van der Waals surface area (Å²) in [6.07, 6.45) is 10.8. The van der Waals surface area contributed by atoms with Crippen LogP contribution >= 0.6 is 0 Å². The Morgan fingerprint density at radius 2 is 1.58 bits per heavy atom. The zero-order valence-electron chi connectivity index (χ0n) is 14.9. The van der Waals surface area contributed by atoms with Gasteiger partial charge in [-0.25, -0.2) is 0 Å². The van der Waals surface area contributed by atoms with E-state index in [-0.39, 0.29) is 0 Å². The fourth-order valence-corrected chi connectivity index (χ4v) is 4.40. The fraction of sp³-hybridized carbons (Fsp3) is 0.636. The molecule has 3 rings (SSSR count). The monoisotopic (exact) mass is 326 g/mol. The van der Waals surface area contributed by atoms with Gasteiger partial charge in [-0.3, -0.25) is 0 Å². The summed E-state index contributed by atoms with van der Waals surface area (Å²) in [4.78, 5) is 1.63. The molecule has 1 heterocycles. The second-order valence-electron chi connectivity index (χ2n) is 7.64. The van der Waals surface area contributed by atoms with Crippen LogP contribution in [-0.4, -0.2) is 24.7 Å². The van der Waals surface area contributed by atoms with Gasteiger partial charge in [0.15, 0.2) is 0 Å². The molecule has 0 amide bonds.